The topological polar surface area (TPSA) is 40.9 Å². The maximum absolute atomic E-state index is 8.35. The van der Waals surface area contributed by atoms with Gasteiger partial charge in [-0.2, -0.15) is 0 Å². The van der Waals surface area contributed by atoms with Gasteiger partial charge in [0.25, 0.3) is 0 Å². The van der Waals surface area contributed by atoms with Crippen LogP contribution in [0.3, 0.4) is 0 Å². The van der Waals surface area contributed by atoms with Crippen LogP contribution in [0.1, 0.15) is 6.42 Å². The Kier molecular flexibility index (Phi) is 4.93. The van der Waals surface area contributed by atoms with Crippen LogP contribution in [0.25, 0.3) is 0 Å². The molecule has 0 aromatic rings. The molecular formula is C8H9NO. The number of isocyanates is 1. The quantitative estimate of drug-likeness (QED) is 0.400. The summed E-state index contributed by atoms with van der Waals surface area (Å²) in [6.07, 6.45) is 9.94. The fraction of sp³-hybridized carbons (Fsp3) is 0.125. The summed E-state index contributed by atoms with van der Waals surface area (Å²) in [6, 6.07) is 0. The van der Waals surface area contributed by atoms with E-state index in [-0.39, 0.29) is 0 Å². The molecule has 0 aromatic carbocycles. The second-order valence-electron chi connectivity index (χ2n) is 1.75. The summed E-state index contributed by atoms with van der Waals surface area (Å²) in [5.74, 6) is 0. The summed E-state index contributed by atoms with van der Waals surface area (Å²) >= 11 is 0. The molecule has 1 N–H and O–H groups in total. The molecule has 2 nitrogen and oxygen atoms in total. The molecule has 0 unspecified atom stereocenters. The fourth-order valence-corrected chi connectivity index (χ4v) is 0.558. The van der Waals surface area contributed by atoms with Crippen LogP contribution in [0, 0.1) is 5.41 Å². The third kappa shape index (κ3) is 4.75. The van der Waals surface area contributed by atoms with Gasteiger partial charge < -0.3 is 0 Å². The van der Waals surface area contributed by atoms with Crippen LogP contribution >= 0.6 is 0 Å². The predicted octanol–water partition coefficient (Wildman–Crippen LogP) is 1.96. The van der Waals surface area contributed by atoms with Gasteiger partial charge >= 0.3 is 0 Å². The van der Waals surface area contributed by atoms with Crippen molar-refractivity contribution in [3.05, 3.63) is 36.5 Å². The first-order valence-electron chi connectivity index (χ1n) is 2.86. The fourth-order valence-electron chi connectivity index (χ4n) is 0.558. The van der Waals surface area contributed by atoms with Gasteiger partial charge in [0.1, 0.15) is 0 Å². The van der Waals surface area contributed by atoms with Crippen LogP contribution < -0.4 is 0 Å². The zero-order valence-corrected chi connectivity index (χ0v) is 5.63. The highest BCUT2D eigenvalue weighted by atomic mass is 16.1. The Morgan fingerprint density at radius 1 is 1.60 bits per heavy atom. The van der Waals surface area contributed by atoms with E-state index in [4.69, 9.17) is 10.2 Å². The number of allylic oxidation sites excluding steroid dienone is 5. The second kappa shape index (κ2) is 5.73. The Balaban J connectivity index is 0.000000236. The molecule has 0 saturated carbocycles. The van der Waals surface area contributed by atoms with Crippen LogP contribution in [0.2, 0.25) is 0 Å². The summed E-state index contributed by atoms with van der Waals surface area (Å²) in [4.78, 5) is 8.35. The molecule has 0 spiro atoms. The minimum Gasteiger partial charge on any atom is -0.222 e. The zero-order valence-electron chi connectivity index (χ0n) is 5.63. The summed E-state index contributed by atoms with van der Waals surface area (Å²) in [6.45, 7) is 3.78. The van der Waals surface area contributed by atoms with E-state index in [0.717, 1.165) is 12.5 Å². The smallest absolute Gasteiger partial charge is 0.222 e. The largest absolute Gasteiger partial charge is 0.231 e. The SMILES string of the molecule is C=C1C=CC=CC1.N=C=O. The van der Waals surface area contributed by atoms with Crippen molar-refractivity contribution in [3.8, 4) is 0 Å². The van der Waals surface area contributed by atoms with Crippen LogP contribution in [0.5, 0.6) is 0 Å². The van der Waals surface area contributed by atoms with E-state index in [1.54, 1.807) is 0 Å². The number of hydrogen-bond acceptors (Lipinski definition) is 2. The van der Waals surface area contributed by atoms with Crippen LogP contribution in [-0.2, 0) is 4.79 Å². The molecule has 0 fully saturated rings. The van der Waals surface area contributed by atoms with Gasteiger partial charge in [0.05, 0.1) is 0 Å². The maximum Gasteiger partial charge on any atom is 0.231 e. The molecule has 0 bridgehead atoms. The first kappa shape index (κ1) is 8.60. The van der Waals surface area contributed by atoms with Crippen LogP contribution in [0.4, 0.5) is 0 Å². The molecule has 0 aromatic heterocycles. The van der Waals surface area contributed by atoms with E-state index in [0.29, 0.717) is 0 Å². The number of hydrogen-bond donors (Lipinski definition) is 1. The highest BCUT2D eigenvalue weighted by molar-refractivity contribution is 5.26. The average molecular weight is 135 g/mol. The molecule has 1 aliphatic rings. The van der Waals surface area contributed by atoms with E-state index in [1.165, 1.54) is 5.57 Å². The van der Waals surface area contributed by atoms with Crippen molar-refractivity contribution < 1.29 is 4.79 Å². The molecule has 0 amide bonds. The minimum absolute atomic E-state index is 0.750. The predicted molar refractivity (Wildman–Crippen MR) is 40.5 cm³/mol. The van der Waals surface area contributed by atoms with Gasteiger partial charge in [0, 0.05) is 0 Å². The third-order valence-corrected chi connectivity index (χ3v) is 0.959. The van der Waals surface area contributed by atoms with Crippen LogP contribution in [0.15, 0.2) is 36.5 Å². The molecule has 0 aliphatic heterocycles. The molecule has 1 aliphatic carbocycles. The summed E-state index contributed by atoms with van der Waals surface area (Å²) in [5.41, 5.74) is 1.20. The molecular weight excluding hydrogens is 126 g/mol. The zero-order chi connectivity index (χ0) is 7.82. The van der Waals surface area contributed by atoms with Gasteiger partial charge in [0.2, 0.25) is 6.08 Å². The Labute approximate surface area is 60.1 Å². The highest BCUT2D eigenvalue weighted by Crippen LogP contribution is 2.05. The highest BCUT2D eigenvalue weighted by Gasteiger charge is 1.84. The second-order valence-corrected chi connectivity index (χ2v) is 1.75. The van der Waals surface area contributed by atoms with Crippen LogP contribution in [-0.4, -0.2) is 6.08 Å². The molecule has 2 heteroatoms. The van der Waals surface area contributed by atoms with E-state index in [1.807, 2.05) is 18.2 Å². The van der Waals surface area contributed by atoms with E-state index in [9.17, 15) is 0 Å². The lowest BCUT2D eigenvalue weighted by Gasteiger charge is -1.94. The molecule has 0 heterocycles. The molecule has 0 saturated heterocycles. The van der Waals surface area contributed by atoms with E-state index >= 15 is 0 Å². The standard InChI is InChI=1S/C7H8.CHNO/c1-7-5-3-2-4-6-7;2-1-3/h2-5H,1,6H2;2H. The Morgan fingerprint density at radius 3 is 2.40 bits per heavy atom. The number of carbonyl (C=O) groups excluding carboxylic acids is 1. The minimum atomic E-state index is 0.750. The monoisotopic (exact) mass is 135 g/mol. The van der Waals surface area contributed by atoms with Crippen molar-refractivity contribution in [2.75, 3.05) is 0 Å². The summed E-state index contributed by atoms with van der Waals surface area (Å²) in [7, 11) is 0. The normalized spacial score (nSPS) is 13.4. The lowest BCUT2D eigenvalue weighted by Crippen LogP contribution is -1.74. The lowest BCUT2D eigenvalue weighted by atomic mass is 10.1. The number of nitrogens with one attached hydrogen (secondary N) is 1. The van der Waals surface area contributed by atoms with E-state index < -0.39 is 0 Å². The Bertz CT molecular complexity index is 195. The first-order valence-corrected chi connectivity index (χ1v) is 2.86. The van der Waals surface area contributed by atoms with Crippen molar-refractivity contribution in [2.45, 2.75) is 6.42 Å². The average Bonchev–Trinajstić information content (AvgIpc) is 1.91. The van der Waals surface area contributed by atoms with Crippen molar-refractivity contribution in [3.63, 3.8) is 0 Å². The van der Waals surface area contributed by atoms with Gasteiger partial charge in [-0.25, -0.2) is 10.2 Å². The lowest BCUT2D eigenvalue weighted by molar-refractivity contribution is 0.563. The van der Waals surface area contributed by atoms with Gasteiger partial charge in [-0.15, -0.1) is 0 Å². The van der Waals surface area contributed by atoms with Crippen molar-refractivity contribution >= 4 is 6.08 Å². The van der Waals surface area contributed by atoms with Gasteiger partial charge in [-0.1, -0.05) is 36.5 Å². The molecule has 10 heavy (non-hydrogen) atoms. The number of rotatable bonds is 0. The van der Waals surface area contributed by atoms with Gasteiger partial charge in [-0.3, -0.25) is 0 Å². The van der Waals surface area contributed by atoms with E-state index in [2.05, 4.69) is 12.7 Å². The molecule has 0 radical (unpaired) electrons. The third-order valence-electron chi connectivity index (χ3n) is 0.959. The van der Waals surface area contributed by atoms with Crippen molar-refractivity contribution in [1.29, 1.82) is 5.41 Å². The van der Waals surface area contributed by atoms with Gasteiger partial charge in [0.15, 0.2) is 0 Å². The molecule has 52 valence electrons. The van der Waals surface area contributed by atoms with Gasteiger partial charge in [-0.05, 0) is 6.42 Å². The van der Waals surface area contributed by atoms with Crippen molar-refractivity contribution in [1.82, 2.24) is 0 Å². The first-order chi connectivity index (χ1) is 4.81. The Hall–Kier alpha value is -1.40. The summed E-state index contributed by atoms with van der Waals surface area (Å²) < 4.78 is 0. The maximum atomic E-state index is 8.35. The summed E-state index contributed by atoms with van der Waals surface area (Å²) in [5, 5.41) is 5.40. The van der Waals surface area contributed by atoms with Crippen molar-refractivity contribution in [2.24, 2.45) is 0 Å². The molecule has 1 rings (SSSR count). The molecule has 0 atom stereocenters. The Morgan fingerprint density at radius 2 is 2.20 bits per heavy atom.